The van der Waals surface area contributed by atoms with E-state index in [1.807, 2.05) is 13.8 Å². The second kappa shape index (κ2) is 4.81. The van der Waals surface area contributed by atoms with Gasteiger partial charge in [0.15, 0.2) is 0 Å². The molecule has 0 aromatic rings. The summed E-state index contributed by atoms with van der Waals surface area (Å²) < 4.78 is 0. The molecule has 0 unspecified atom stereocenters. The molecule has 1 N–H and O–H groups in total. The molecule has 0 saturated heterocycles. The second-order valence-corrected chi connectivity index (χ2v) is 5.23. The molecule has 0 aromatic heterocycles. The number of carboxylic acids is 1. The lowest BCUT2D eigenvalue weighted by molar-refractivity contribution is -0.147. The zero-order chi connectivity index (χ0) is 10.6. The van der Waals surface area contributed by atoms with Crippen LogP contribution < -0.4 is 0 Å². The van der Waals surface area contributed by atoms with Gasteiger partial charge in [-0.1, -0.05) is 38.5 Å². The molecule has 1 aliphatic carbocycles. The fraction of sp³-hybridized carbons (Fsp3) is 0.917. The molecule has 2 nitrogen and oxygen atoms in total. The Hall–Kier alpha value is -0.530. The maximum absolute atomic E-state index is 10.8. The summed E-state index contributed by atoms with van der Waals surface area (Å²) in [4.78, 5) is 10.8. The number of hydrogen-bond acceptors (Lipinski definition) is 1. The summed E-state index contributed by atoms with van der Waals surface area (Å²) in [5.74, 6) is 0.225. The van der Waals surface area contributed by atoms with Crippen LogP contribution in [0.2, 0.25) is 0 Å². The van der Waals surface area contributed by atoms with Gasteiger partial charge in [-0.2, -0.15) is 0 Å². The van der Waals surface area contributed by atoms with Crippen molar-refractivity contribution in [2.24, 2.45) is 11.3 Å². The van der Waals surface area contributed by atoms with Gasteiger partial charge in [0.25, 0.3) is 0 Å². The number of rotatable bonds is 5. The lowest BCUT2D eigenvalue weighted by atomic mass is 9.85. The van der Waals surface area contributed by atoms with Crippen LogP contribution >= 0.6 is 0 Å². The predicted molar refractivity (Wildman–Crippen MR) is 57.2 cm³/mol. The molecule has 1 saturated carbocycles. The number of aliphatic carboxylic acids is 1. The van der Waals surface area contributed by atoms with E-state index in [-0.39, 0.29) is 0 Å². The van der Waals surface area contributed by atoms with Crippen LogP contribution in [0, 0.1) is 11.3 Å². The van der Waals surface area contributed by atoms with Crippen LogP contribution in [0.25, 0.3) is 0 Å². The normalized spacial score (nSPS) is 18.7. The number of carboxylic acid groups (broad SMARTS) is 1. The largest absolute Gasteiger partial charge is 0.481 e. The minimum absolute atomic E-state index is 0.529. The van der Waals surface area contributed by atoms with Crippen LogP contribution in [-0.4, -0.2) is 11.1 Å². The topological polar surface area (TPSA) is 37.3 Å². The third-order valence-corrected chi connectivity index (χ3v) is 3.47. The molecular weight excluding hydrogens is 176 g/mol. The van der Waals surface area contributed by atoms with Gasteiger partial charge in [-0.15, -0.1) is 0 Å². The average molecular weight is 198 g/mol. The zero-order valence-electron chi connectivity index (χ0n) is 9.38. The predicted octanol–water partition coefficient (Wildman–Crippen LogP) is 3.46. The van der Waals surface area contributed by atoms with Crippen LogP contribution in [-0.2, 0) is 4.79 Å². The van der Waals surface area contributed by atoms with E-state index in [1.165, 1.54) is 32.1 Å². The highest BCUT2D eigenvalue weighted by atomic mass is 16.4. The third-order valence-electron chi connectivity index (χ3n) is 3.47. The molecule has 14 heavy (non-hydrogen) atoms. The Balaban J connectivity index is 2.16. The van der Waals surface area contributed by atoms with E-state index >= 15 is 0 Å². The van der Waals surface area contributed by atoms with E-state index in [0.717, 1.165) is 18.8 Å². The maximum Gasteiger partial charge on any atom is 0.309 e. The van der Waals surface area contributed by atoms with Gasteiger partial charge in [0.2, 0.25) is 0 Å². The molecule has 1 rings (SSSR count). The fourth-order valence-corrected chi connectivity index (χ4v) is 2.24. The Bertz CT molecular complexity index is 190. The second-order valence-electron chi connectivity index (χ2n) is 5.23. The van der Waals surface area contributed by atoms with Crippen LogP contribution in [0.3, 0.4) is 0 Å². The highest BCUT2D eigenvalue weighted by molar-refractivity contribution is 5.73. The molecule has 2 heteroatoms. The summed E-state index contributed by atoms with van der Waals surface area (Å²) in [7, 11) is 0. The Morgan fingerprint density at radius 2 is 1.93 bits per heavy atom. The molecule has 82 valence electrons. The molecule has 1 fully saturated rings. The lowest BCUT2D eigenvalue weighted by Gasteiger charge is -2.19. The van der Waals surface area contributed by atoms with Gasteiger partial charge in [0.1, 0.15) is 0 Å². The molecule has 0 radical (unpaired) electrons. The third kappa shape index (κ3) is 3.32. The van der Waals surface area contributed by atoms with E-state index in [0.29, 0.717) is 0 Å². The number of hydrogen-bond donors (Lipinski definition) is 1. The van der Waals surface area contributed by atoms with Crippen molar-refractivity contribution in [3.63, 3.8) is 0 Å². The van der Waals surface area contributed by atoms with Crippen molar-refractivity contribution >= 4 is 5.97 Å². The summed E-state index contributed by atoms with van der Waals surface area (Å²) in [6.45, 7) is 3.65. The van der Waals surface area contributed by atoms with Gasteiger partial charge < -0.3 is 5.11 Å². The van der Waals surface area contributed by atoms with E-state index in [9.17, 15) is 4.79 Å². The van der Waals surface area contributed by atoms with Gasteiger partial charge >= 0.3 is 5.97 Å². The molecule has 0 bridgehead atoms. The fourth-order valence-electron chi connectivity index (χ4n) is 2.24. The molecule has 1 aliphatic rings. The monoisotopic (exact) mass is 198 g/mol. The molecule has 0 aliphatic heterocycles. The SMILES string of the molecule is CC(C)(CCCC1CCCC1)C(=O)O. The van der Waals surface area contributed by atoms with Crippen molar-refractivity contribution < 1.29 is 9.90 Å². The minimum Gasteiger partial charge on any atom is -0.481 e. The smallest absolute Gasteiger partial charge is 0.309 e. The van der Waals surface area contributed by atoms with Crippen LogP contribution in [0.5, 0.6) is 0 Å². The standard InChI is InChI=1S/C12H22O2/c1-12(2,11(13)14)9-5-8-10-6-3-4-7-10/h10H,3-9H2,1-2H3,(H,13,14). The molecule has 0 aromatic carbocycles. The van der Waals surface area contributed by atoms with E-state index < -0.39 is 11.4 Å². The van der Waals surface area contributed by atoms with E-state index in [4.69, 9.17) is 5.11 Å². The van der Waals surface area contributed by atoms with Gasteiger partial charge in [-0.05, 0) is 26.2 Å². The maximum atomic E-state index is 10.8. The first-order valence-electron chi connectivity index (χ1n) is 5.76. The lowest BCUT2D eigenvalue weighted by Crippen LogP contribution is -2.23. The molecule has 0 spiro atoms. The first kappa shape index (κ1) is 11.5. The van der Waals surface area contributed by atoms with Gasteiger partial charge in [-0.25, -0.2) is 0 Å². The van der Waals surface area contributed by atoms with Gasteiger partial charge in [0.05, 0.1) is 5.41 Å². The average Bonchev–Trinajstić information content (AvgIpc) is 2.56. The van der Waals surface area contributed by atoms with Crippen LogP contribution in [0.15, 0.2) is 0 Å². The van der Waals surface area contributed by atoms with Crippen molar-refractivity contribution in [3.8, 4) is 0 Å². The molecule has 0 heterocycles. The Morgan fingerprint density at radius 1 is 1.36 bits per heavy atom. The van der Waals surface area contributed by atoms with Crippen LogP contribution in [0.4, 0.5) is 0 Å². The Labute approximate surface area is 86.7 Å². The first-order valence-corrected chi connectivity index (χ1v) is 5.76. The summed E-state index contributed by atoms with van der Waals surface area (Å²) in [5.41, 5.74) is -0.529. The van der Waals surface area contributed by atoms with Crippen molar-refractivity contribution in [1.82, 2.24) is 0 Å². The molecule has 0 amide bonds. The van der Waals surface area contributed by atoms with Crippen molar-refractivity contribution in [2.45, 2.75) is 58.8 Å². The van der Waals surface area contributed by atoms with Crippen molar-refractivity contribution in [1.29, 1.82) is 0 Å². The molecule has 0 atom stereocenters. The summed E-state index contributed by atoms with van der Waals surface area (Å²) >= 11 is 0. The highest BCUT2D eigenvalue weighted by Crippen LogP contribution is 2.31. The van der Waals surface area contributed by atoms with Crippen LogP contribution in [0.1, 0.15) is 58.8 Å². The quantitative estimate of drug-likeness (QED) is 0.734. The van der Waals surface area contributed by atoms with Crippen molar-refractivity contribution in [3.05, 3.63) is 0 Å². The summed E-state index contributed by atoms with van der Waals surface area (Å²) in [6, 6.07) is 0. The molecular formula is C12H22O2. The van der Waals surface area contributed by atoms with E-state index in [2.05, 4.69) is 0 Å². The van der Waals surface area contributed by atoms with Crippen molar-refractivity contribution in [2.75, 3.05) is 0 Å². The first-order chi connectivity index (χ1) is 6.52. The minimum atomic E-state index is -0.663. The Morgan fingerprint density at radius 3 is 2.43 bits per heavy atom. The van der Waals surface area contributed by atoms with Gasteiger partial charge in [-0.3, -0.25) is 4.79 Å². The number of carbonyl (C=O) groups is 1. The summed E-state index contributed by atoms with van der Waals surface area (Å²) in [6.07, 6.45) is 8.63. The highest BCUT2D eigenvalue weighted by Gasteiger charge is 2.26. The summed E-state index contributed by atoms with van der Waals surface area (Å²) in [5, 5.41) is 8.93. The zero-order valence-corrected chi connectivity index (χ0v) is 9.38. The van der Waals surface area contributed by atoms with Gasteiger partial charge in [0, 0.05) is 0 Å². The van der Waals surface area contributed by atoms with E-state index in [1.54, 1.807) is 0 Å². The Kier molecular flexibility index (Phi) is 3.97.